The smallest absolute Gasteiger partial charge is 0.336 e. The molecule has 1 aromatic rings. The summed E-state index contributed by atoms with van der Waals surface area (Å²) in [5, 5.41) is 20.2. The van der Waals surface area contributed by atoms with Gasteiger partial charge < -0.3 is 10.0 Å². The fourth-order valence-electron chi connectivity index (χ4n) is 2.26. The molecule has 0 amide bonds. The van der Waals surface area contributed by atoms with Gasteiger partial charge in [-0.3, -0.25) is 10.1 Å². The summed E-state index contributed by atoms with van der Waals surface area (Å²) in [6.45, 7) is 5.89. The summed E-state index contributed by atoms with van der Waals surface area (Å²) in [4.78, 5) is 23.7. The third-order valence-corrected chi connectivity index (χ3v) is 3.42. The Balaban J connectivity index is 2.57. The van der Waals surface area contributed by atoms with Crippen molar-refractivity contribution in [2.75, 3.05) is 11.4 Å². The van der Waals surface area contributed by atoms with Crippen molar-refractivity contribution in [3.05, 3.63) is 46.0 Å². The van der Waals surface area contributed by atoms with Crippen LogP contribution in [0.2, 0.25) is 0 Å². The van der Waals surface area contributed by atoms with E-state index < -0.39 is 10.9 Å². The van der Waals surface area contributed by atoms with Gasteiger partial charge >= 0.3 is 5.97 Å². The molecule has 1 aliphatic carbocycles. The van der Waals surface area contributed by atoms with Crippen molar-refractivity contribution in [1.82, 2.24) is 0 Å². The Morgan fingerprint density at radius 3 is 2.70 bits per heavy atom. The molecule has 106 valence electrons. The van der Waals surface area contributed by atoms with E-state index in [1.54, 1.807) is 13.0 Å². The summed E-state index contributed by atoms with van der Waals surface area (Å²) in [5.74, 6) is -1.16. The normalized spacial score (nSPS) is 13.8. The van der Waals surface area contributed by atoms with Crippen LogP contribution in [-0.2, 0) is 0 Å². The molecule has 0 spiro atoms. The Labute approximate surface area is 116 Å². The third-order valence-electron chi connectivity index (χ3n) is 3.42. The van der Waals surface area contributed by atoms with Crippen LogP contribution in [-0.4, -0.2) is 28.6 Å². The number of carboxylic acids is 1. The lowest BCUT2D eigenvalue weighted by atomic mass is 10.1. The molecule has 0 atom stereocenters. The van der Waals surface area contributed by atoms with Gasteiger partial charge in [-0.15, -0.1) is 6.58 Å². The van der Waals surface area contributed by atoms with Gasteiger partial charge in [-0.1, -0.05) is 6.08 Å². The average molecular weight is 276 g/mol. The van der Waals surface area contributed by atoms with Crippen LogP contribution in [0.4, 0.5) is 11.4 Å². The number of nitrogens with zero attached hydrogens (tertiary/aromatic N) is 2. The summed E-state index contributed by atoms with van der Waals surface area (Å²) in [6, 6.07) is 2.93. The van der Waals surface area contributed by atoms with Crippen molar-refractivity contribution < 1.29 is 14.8 Å². The summed E-state index contributed by atoms with van der Waals surface area (Å²) in [7, 11) is 0. The van der Waals surface area contributed by atoms with Crippen LogP contribution < -0.4 is 4.90 Å². The quantitative estimate of drug-likeness (QED) is 0.490. The SMILES string of the molecule is C=CCN(c1cc(C(=O)O)cc([N+](=O)[O-])c1C)C1CC1. The summed E-state index contributed by atoms with van der Waals surface area (Å²) in [5.41, 5.74) is 0.884. The number of hydrogen-bond donors (Lipinski definition) is 1. The lowest BCUT2D eigenvalue weighted by Crippen LogP contribution is -2.27. The van der Waals surface area contributed by atoms with Crippen molar-refractivity contribution in [3.63, 3.8) is 0 Å². The van der Waals surface area contributed by atoms with Gasteiger partial charge in [0, 0.05) is 24.3 Å². The molecular weight excluding hydrogens is 260 g/mol. The minimum atomic E-state index is -1.16. The Bertz CT molecular complexity index is 579. The first-order valence-corrected chi connectivity index (χ1v) is 6.35. The molecule has 6 heteroatoms. The number of nitro groups is 1. The van der Waals surface area contributed by atoms with Gasteiger partial charge in [-0.25, -0.2) is 4.79 Å². The Morgan fingerprint density at radius 1 is 1.60 bits per heavy atom. The van der Waals surface area contributed by atoms with Gasteiger partial charge in [0.25, 0.3) is 5.69 Å². The standard InChI is InChI=1S/C14H16N2O4/c1-3-6-15(11-4-5-11)12-7-10(14(17)18)8-13(9(12)2)16(19)20/h3,7-8,11H,1,4-6H2,2H3,(H,17,18). The molecule has 0 saturated heterocycles. The molecular formula is C14H16N2O4. The van der Waals surface area contributed by atoms with E-state index in [-0.39, 0.29) is 11.3 Å². The van der Waals surface area contributed by atoms with Gasteiger partial charge in [0.2, 0.25) is 0 Å². The molecule has 1 aromatic carbocycles. The number of carbonyl (C=O) groups is 1. The molecule has 0 radical (unpaired) electrons. The van der Waals surface area contributed by atoms with Crippen LogP contribution in [0.3, 0.4) is 0 Å². The molecule has 0 unspecified atom stereocenters. The predicted molar refractivity (Wildman–Crippen MR) is 75.4 cm³/mol. The van der Waals surface area contributed by atoms with Crippen molar-refractivity contribution >= 4 is 17.3 Å². The second-order valence-electron chi connectivity index (χ2n) is 4.87. The van der Waals surface area contributed by atoms with E-state index in [9.17, 15) is 14.9 Å². The Morgan fingerprint density at radius 2 is 2.25 bits per heavy atom. The molecule has 6 nitrogen and oxygen atoms in total. The highest BCUT2D eigenvalue weighted by Crippen LogP contribution is 2.37. The van der Waals surface area contributed by atoms with Crippen molar-refractivity contribution in [2.45, 2.75) is 25.8 Å². The van der Waals surface area contributed by atoms with E-state index >= 15 is 0 Å². The first-order valence-electron chi connectivity index (χ1n) is 6.35. The van der Waals surface area contributed by atoms with Gasteiger partial charge in [0.05, 0.1) is 16.1 Å². The van der Waals surface area contributed by atoms with E-state index in [0.717, 1.165) is 18.9 Å². The van der Waals surface area contributed by atoms with Crippen molar-refractivity contribution in [1.29, 1.82) is 0 Å². The molecule has 1 saturated carbocycles. The maximum absolute atomic E-state index is 11.1. The topological polar surface area (TPSA) is 83.7 Å². The molecule has 20 heavy (non-hydrogen) atoms. The molecule has 2 rings (SSSR count). The minimum absolute atomic E-state index is 0.0630. The maximum Gasteiger partial charge on any atom is 0.336 e. The molecule has 0 aromatic heterocycles. The van der Waals surface area contributed by atoms with E-state index in [4.69, 9.17) is 5.11 Å². The number of rotatable bonds is 6. The molecule has 0 heterocycles. The highest BCUT2D eigenvalue weighted by molar-refractivity contribution is 5.91. The van der Waals surface area contributed by atoms with E-state index in [1.165, 1.54) is 6.07 Å². The molecule has 0 bridgehead atoms. The Kier molecular flexibility index (Phi) is 3.74. The van der Waals surface area contributed by atoms with Gasteiger partial charge in [0.15, 0.2) is 0 Å². The maximum atomic E-state index is 11.1. The highest BCUT2D eigenvalue weighted by atomic mass is 16.6. The van der Waals surface area contributed by atoms with Gasteiger partial charge in [0.1, 0.15) is 0 Å². The average Bonchev–Trinajstić information content (AvgIpc) is 3.20. The van der Waals surface area contributed by atoms with Crippen LogP contribution in [0.5, 0.6) is 0 Å². The zero-order chi connectivity index (χ0) is 14.9. The third kappa shape index (κ3) is 2.64. The van der Waals surface area contributed by atoms with E-state index in [2.05, 4.69) is 6.58 Å². The summed E-state index contributed by atoms with van der Waals surface area (Å²) >= 11 is 0. The number of anilines is 1. The fourth-order valence-corrected chi connectivity index (χ4v) is 2.26. The number of carboxylic acid groups (broad SMARTS) is 1. The predicted octanol–water partition coefficient (Wildman–Crippen LogP) is 2.76. The van der Waals surface area contributed by atoms with E-state index in [1.807, 2.05) is 4.90 Å². The highest BCUT2D eigenvalue weighted by Gasteiger charge is 2.31. The number of benzene rings is 1. The van der Waals surface area contributed by atoms with Crippen molar-refractivity contribution in [2.24, 2.45) is 0 Å². The number of nitro benzene ring substituents is 1. The molecule has 0 aliphatic heterocycles. The second kappa shape index (κ2) is 5.32. The van der Waals surface area contributed by atoms with E-state index in [0.29, 0.717) is 23.8 Å². The van der Waals surface area contributed by atoms with Crippen LogP contribution >= 0.6 is 0 Å². The first kappa shape index (κ1) is 14.0. The lowest BCUT2D eigenvalue weighted by molar-refractivity contribution is -0.385. The molecule has 1 N–H and O–H groups in total. The summed E-state index contributed by atoms with van der Waals surface area (Å²) in [6.07, 6.45) is 3.74. The lowest BCUT2D eigenvalue weighted by Gasteiger charge is -2.25. The minimum Gasteiger partial charge on any atom is -0.478 e. The van der Waals surface area contributed by atoms with Crippen LogP contribution in [0.1, 0.15) is 28.8 Å². The van der Waals surface area contributed by atoms with Crippen molar-refractivity contribution in [3.8, 4) is 0 Å². The van der Waals surface area contributed by atoms with Crippen LogP contribution in [0.25, 0.3) is 0 Å². The zero-order valence-electron chi connectivity index (χ0n) is 11.2. The first-order chi connectivity index (χ1) is 9.45. The molecule has 1 aliphatic rings. The Hall–Kier alpha value is -2.37. The molecule has 1 fully saturated rings. The number of hydrogen-bond acceptors (Lipinski definition) is 4. The monoisotopic (exact) mass is 276 g/mol. The van der Waals surface area contributed by atoms with Crippen LogP contribution in [0.15, 0.2) is 24.8 Å². The van der Waals surface area contributed by atoms with Crippen LogP contribution in [0, 0.1) is 17.0 Å². The van der Waals surface area contributed by atoms with Gasteiger partial charge in [-0.2, -0.15) is 0 Å². The fraction of sp³-hybridized carbons (Fsp3) is 0.357. The van der Waals surface area contributed by atoms with Gasteiger partial charge in [-0.05, 0) is 25.8 Å². The largest absolute Gasteiger partial charge is 0.478 e. The summed E-state index contributed by atoms with van der Waals surface area (Å²) < 4.78 is 0. The second-order valence-corrected chi connectivity index (χ2v) is 4.87. The zero-order valence-corrected chi connectivity index (χ0v) is 11.2. The number of aromatic carboxylic acids is 1.